The van der Waals surface area contributed by atoms with Crippen LogP contribution in [-0.2, 0) is 4.79 Å². The number of carbonyl (C=O) groups is 3. The first-order chi connectivity index (χ1) is 12.7. The van der Waals surface area contributed by atoms with Gasteiger partial charge < -0.3 is 4.74 Å². The lowest BCUT2D eigenvalue weighted by atomic mass is 10.1. The maximum absolute atomic E-state index is 12.6. The van der Waals surface area contributed by atoms with E-state index < -0.39 is 34.4 Å². The van der Waals surface area contributed by atoms with E-state index >= 15 is 0 Å². The lowest BCUT2D eigenvalue weighted by Crippen LogP contribution is -2.44. The summed E-state index contributed by atoms with van der Waals surface area (Å²) < 4.78 is 5.85. The first-order valence-electron chi connectivity index (χ1n) is 7.54. The average molecular weight is 454 g/mol. The van der Waals surface area contributed by atoms with Crippen molar-refractivity contribution in [2.24, 2.45) is 0 Å². The van der Waals surface area contributed by atoms with E-state index in [1.165, 1.54) is 31.2 Å². The van der Waals surface area contributed by atoms with Gasteiger partial charge in [-0.15, -0.1) is 0 Å². The number of carbonyl (C=O) groups excluding carboxylic acids is 3. The van der Waals surface area contributed by atoms with Crippen molar-refractivity contribution in [3.8, 4) is 5.75 Å². The van der Waals surface area contributed by atoms with Crippen molar-refractivity contribution in [1.82, 2.24) is 4.90 Å². The maximum Gasteiger partial charge on any atom is 0.334 e. The molecule has 0 aliphatic carbocycles. The summed E-state index contributed by atoms with van der Waals surface area (Å²) in [6.45, 7) is 1.29. The molecule has 1 aliphatic heterocycles. The van der Waals surface area contributed by atoms with Crippen LogP contribution < -0.4 is 4.74 Å². The minimum absolute atomic E-state index is 0.0549. The summed E-state index contributed by atoms with van der Waals surface area (Å²) in [5.41, 5.74) is -0.964. The van der Waals surface area contributed by atoms with Gasteiger partial charge in [0.1, 0.15) is 17.4 Å². The maximum atomic E-state index is 12.6. The van der Waals surface area contributed by atoms with Crippen molar-refractivity contribution in [3.05, 3.63) is 67.1 Å². The smallest absolute Gasteiger partial charge is 0.334 e. The van der Waals surface area contributed by atoms with Crippen LogP contribution in [0.3, 0.4) is 0 Å². The highest BCUT2D eigenvalue weighted by molar-refractivity contribution is 9.10. The number of halogens is 2. The van der Waals surface area contributed by atoms with Crippen molar-refractivity contribution in [1.29, 1.82) is 0 Å². The van der Waals surface area contributed by atoms with Crippen LogP contribution in [0, 0.1) is 10.1 Å². The quantitative estimate of drug-likeness (QED) is 0.230. The van der Waals surface area contributed by atoms with Crippen molar-refractivity contribution >= 4 is 51.0 Å². The number of imide groups is 1. The molecule has 3 rings (SSSR count). The number of ether oxygens (including phenoxy) is 1. The first-order valence-corrected chi connectivity index (χ1v) is 8.71. The number of esters is 1. The standard InChI is InChI=1S/C17H10BrClN2O6/c1-8(17(24)27-13-6-5-9(18)7-11(13)19)20-15(22)10-3-2-4-12(21(25)26)14(10)16(20)23/h2-8H,1H3/t8-/m0/s1. The summed E-state index contributed by atoms with van der Waals surface area (Å²) >= 11 is 9.21. The highest BCUT2D eigenvalue weighted by Gasteiger charge is 2.45. The van der Waals surface area contributed by atoms with E-state index in [1.54, 1.807) is 6.07 Å². The first kappa shape index (κ1) is 19.0. The Morgan fingerprint density at radius 1 is 1.26 bits per heavy atom. The molecule has 2 aromatic carbocycles. The molecule has 0 unspecified atom stereocenters. The van der Waals surface area contributed by atoms with E-state index in [0.717, 1.165) is 6.07 Å². The van der Waals surface area contributed by atoms with Crippen molar-refractivity contribution in [3.63, 3.8) is 0 Å². The van der Waals surface area contributed by atoms with Gasteiger partial charge in [-0.1, -0.05) is 33.6 Å². The fourth-order valence-corrected chi connectivity index (χ4v) is 3.36. The Morgan fingerprint density at radius 2 is 1.96 bits per heavy atom. The summed E-state index contributed by atoms with van der Waals surface area (Å²) in [4.78, 5) is 48.6. The summed E-state index contributed by atoms with van der Waals surface area (Å²) in [6, 6.07) is 6.98. The van der Waals surface area contributed by atoms with Gasteiger partial charge in [0.2, 0.25) is 0 Å². The zero-order valence-corrected chi connectivity index (χ0v) is 16.0. The van der Waals surface area contributed by atoms with E-state index in [2.05, 4.69) is 15.9 Å². The number of benzene rings is 2. The van der Waals surface area contributed by atoms with Crippen LogP contribution in [0.1, 0.15) is 27.6 Å². The van der Waals surface area contributed by atoms with Crippen LogP contribution >= 0.6 is 27.5 Å². The minimum Gasteiger partial charge on any atom is -0.423 e. The van der Waals surface area contributed by atoms with Gasteiger partial charge in [0.15, 0.2) is 0 Å². The molecule has 0 aromatic heterocycles. The van der Waals surface area contributed by atoms with Gasteiger partial charge in [0.05, 0.1) is 15.5 Å². The molecule has 1 aliphatic rings. The number of hydrogen-bond donors (Lipinski definition) is 0. The Bertz CT molecular complexity index is 1010. The molecule has 0 saturated carbocycles. The predicted octanol–water partition coefficient (Wildman–Crippen LogP) is 3.60. The Kier molecular flexibility index (Phi) is 4.99. The second-order valence-corrected chi connectivity index (χ2v) is 6.93. The zero-order chi connectivity index (χ0) is 19.9. The number of fused-ring (bicyclic) bond motifs is 1. The van der Waals surface area contributed by atoms with Gasteiger partial charge in [-0.05, 0) is 31.2 Å². The summed E-state index contributed by atoms with van der Waals surface area (Å²) in [6.07, 6.45) is 0. The van der Waals surface area contributed by atoms with Gasteiger partial charge in [-0.25, -0.2) is 4.79 Å². The SMILES string of the molecule is C[C@@H](C(=O)Oc1ccc(Br)cc1Cl)N1C(=O)c2cccc([N+](=O)[O-])c2C1=O. The van der Waals surface area contributed by atoms with Crippen molar-refractivity contribution in [2.75, 3.05) is 0 Å². The third-order valence-corrected chi connectivity index (χ3v) is 4.74. The molecule has 10 heteroatoms. The molecule has 27 heavy (non-hydrogen) atoms. The highest BCUT2D eigenvalue weighted by Crippen LogP contribution is 2.33. The van der Waals surface area contributed by atoms with E-state index in [1.807, 2.05) is 0 Å². The zero-order valence-electron chi connectivity index (χ0n) is 13.6. The van der Waals surface area contributed by atoms with Crippen LogP contribution in [0.4, 0.5) is 5.69 Å². The summed E-state index contributed by atoms with van der Waals surface area (Å²) in [5, 5.41) is 11.3. The second-order valence-electron chi connectivity index (χ2n) is 5.61. The highest BCUT2D eigenvalue weighted by atomic mass is 79.9. The monoisotopic (exact) mass is 452 g/mol. The predicted molar refractivity (Wildman–Crippen MR) is 97.8 cm³/mol. The van der Waals surface area contributed by atoms with Crippen LogP contribution in [0.25, 0.3) is 0 Å². The Hall–Kier alpha value is -2.78. The van der Waals surface area contributed by atoms with Crippen molar-refractivity contribution < 1.29 is 24.0 Å². The molecule has 2 aromatic rings. The van der Waals surface area contributed by atoms with Crippen molar-refractivity contribution in [2.45, 2.75) is 13.0 Å². The molecule has 0 N–H and O–H groups in total. The molecular formula is C17H10BrClN2O6. The fourth-order valence-electron chi connectivity index (χ4n) is 2.65. The molecule has 0 fully saturated rings. The normalized spacial score (nSPS) is 14.1. The average Bonchev–Trinajstić information content (AvgIpc) is 2.87. The molecule has 0 spiro atoms. The van der Waals surface area contributed by atoms with Crippen LogP contribution in [0.5, 0.6) is 5.75 Å². The Labute approximate surface area is 165 Å². The summed E-state index contributed by atoms with van der Waals surface area (Å²) in [7, 11) is 0. The largest absolute Gasteiger partial charge is 0.423 e. The Morgan fingerprint density at radius 3 is 2.59 bits per heavy atom. The molecule has 1 atom stereocenters. The molecule has 0 bridgehead atoms. The van der Waals surface area contributed by atoms with Gasteiger partial charge in [0.25, 0.3) is 17.5 Å². The number of nitro benzene ring substituents is 1. The van der Waals surface area contributed by atoms with Gasteiger partial charge in [-0.2, -0.15) is 0 Å². The number of hydrogen-bond acceptors (Lipinski definition) is 6. The number of nitro groups is 1. The van der Waals surface area contributed by atoms with E-state index in [-0.39, 0.29) is 21.9 Å². The molecule has 0 radical (unpaired) electrons. The van der Waals surface area contributed by atoms with Gasteiger partial charge in [-0.3, -0.25) is 24.6 Å². The fraction of sp³-hybridized carbons (Fsp3) is 0.118. The molecule has 2 amide bonds. The molecule has 0 saturated heterocycles. The van der Waals surface area contributed by atoms with E-state index in [0.29, 0.717) is 9.37 Å². The second kappa shape index (κ2) is 7.09. The third-order valence-electron chi connectivity index (χ3n) is 3.95. The lowest BCUT2D eigenvalue weighted by Gasteiger charge is -2.21. The Balaban J connectivity index is 1.89. The van der Waals surface area contributed by atoms with Crippen LogP contribution in [0.15, 0.2) is 40.9 Å². The minimum atomic E-state index is -1.31. The van der Waals surface area contributed by atoms with E-state index in [9.17, 15) is 24.5 Å². The number of amides is 2. The number of nitrogens with zero attached hydrogens (tertiary/aromatic N) is 2. The van der Waals surface area contributed by atoms with Gasteiger partial charge in [0, 0.05) is 10.5 Å². The van der Waals surface area contributed by atoms with Crippen LogP contribution in [-0.4, -0.2) is 33.6 Å². The lowest BCUT2D eigenvalue weighted by molar-refractivity contribution is -0.385. The van der Waals surface area contributed by atoms with E-state index in [4.69, 9.17) is 16.3 Å². The molecule has 1 heterocycles. The summed E-state index contributed by atoms with van der Waals surface area (Å²) in [5.74, 6) is -2.57. The molecular weight excluding hydrogens is 444 g/mol. The van der Waals surface area contributed by atoms with Crippen LogP contribution in [0.2, 0.25) is 5.02 Å². The van der Waals surface area contributed by atoms with Gasteiger partial charge >= 0.3 is 5.97 Å². The topological polar surface area (TPSA) is 107 Å². The third kappa shape index (κ3) is 3.31. The molecule has 8 nitrogen and oxygen atoms in total. The molecule has 138 valence electrons. The number of rotatable bonds is 4.